The molecular formula is C13H12ClN3O3. The predicted octanol–water partition coefficient (Wildman–Crippen LogP) is 1.66. The van der Waals surface area contributed by atoms with Gasteiger partial charge in [0.2, 0.25) is 0 Å². The number of hydrogen-bond donors (Lipinski definition) is 2. The molecule has 0 saturated heterocycles. The second-order valence-corrected chi connectivity index (χ2v) is 4.50. The van der Waals surface area contributed by atoms with Crippen LogP contribution in [0.25, 0.3) is 0 Å². The molecule has 1 aromatic heterocycles. The number of rotatable bonds is 5. The highest BCUT2D eigenvalue weighted by Gasteiger charge is 2.07. The average molecular weight is 294 g/mol. The van der Waals surface area contributed by atoms with Crippen LogP contribution in [0.5, 0.6) is 0 Å². The highest BCUT2D eigenvalue weighted by Crippen LogP contribution is 2.10. The van der Waals surface area contributed by atoms with Crippen molar-refractivity contribution in [3.63, 3.8) is 0 Å². The summed E-state index contributed by atoms with van der Waals surface area (Å²) in [5, 5.41) is 11.9. The van der Waals surface area contributed by atoms with Crippen molar-refractivity contribution in [1.29, 1.82) is 0 Å². The molecule has 2 aromatic rings. The first-order valence-corrected chi connectivity index (χ1v) is 6.23. The Morgan fingerprint density at radius 2 is 2.20 bits per heavy atom. The lowest BCUT2D eigenvalue weighted by atomic mass is 10.2. The number of imidazole rings is 1. The van der Waals surface area contributed by atoms with Crippen LogP contribution < -0.4 is 5.32 Å². The van der Waals surface area contributed by atoms with Gasteiger partial charge in [-0.05, 0) is 18.2 Å². The summed E-state index contributed by atoms with van der Waals surface area (Å²) in [6.45, 7) is 0.799. The lowest BCUT2D eigenvalue weighted by Gasteiger charge is -2.06. The molecule has 1 aromatic carbocycles. The van der Waals surface area contributed by atoms with Gasteiger partial charge >= 0.3 is 5.97 Å². The van der Waals surface area contributed by atoms with Crippen molar-refractivity contribution in [1.82, 2.24) is 14.9 Å². The lowest BCUT2D eigenvalue weighted by Crippen LogP contribution is -2.26. The van der Waals surface area contributed by atoms with Crippen LogP contribution in [-0.2, 0) is 6.54 Å². The summed E-state index contributed by atoms with van der Waals surface area (Å²) >= 11 is 5.80. The number of aromatic nitrogens is 2. The van der Waals surface area contributed by atoms with Gasteiger partial charge in [0, 0.05) is 29.9 Å². The fourth-order valence-electron chi connectivity index (χ4n) is 1.62. The fraction of sp³-hybridized carbons (Fsp3) is 0.154. The number of nitrogens with zero attached hydrogens (tertiary/aromatic N) is 2. The third kappa shape index (κ3) is 3.58. The Hall–Kier alpha value is -2.34. The number of carboxylic acids is 1. The Balaban J connectivity index is 1.86. The fourth-order valence-corrected chi connectivity index (χ4v) is 1.81. The quantitative estimate of drug-likeness (QED) is 0.878. The molecular weight excluding hydrogens is 282 g/mol. The predicted molar refractivity (Wildman–Crippen MR) is 73.0 cm³/mol. The van der Waals surface area contributed by atoms with Crippen LogP contribution in [0.3, 0.4) is 0 Å². The van der Waals surface area contributed by atoms with E-state index >= 15 is 0 Å². The number of benzene rings is 1. The number of halogens is 1. The van der Waals surface area contributed by atoms with Crippen LogP contribution in [0.4, 0.5) is 0 Å². The molecule has 20 heavy (non-hydrogen) atoms. The van der Waals surface area contributed by atoms with Gasteiger partial charge in [0.15, 0.2) is 5.69 Å². The topological polar surface area (TPSA) is 84.2 Å². The van der Waals surface area contributed by atoms with E-state index in [1.54, 1.807) is 28.8 Å². The van der Waals surface area contributed by atoms with E-state index in [-0.39, 0.29) is 11.6 Å². The maximum atomic E-state index is 11.8. The van der Waals surface area contributed by atoms with Crippen molar-refractivity contribution in [3.8, 4) is 0 Å². The van der Waals surface area contributed by atoms with E-state index in [9.17, 15) is 9.59 Å². The smallest absolute Gasteiger partial charge is 0.356 e. The molecule has 0 aliphatic carbocycles. The highest BCUT2D eigenvalue weighted by atomic mass is 35.5. The first kappa shape index (κ1) is 14.1. The van der Waals surface area contributed by atoms with Gasteiger partial charge in [-0.15, -0.1) is 0 Å². The molecule has 0 aliphatic heterocycles. The molecule has 1 heterocycles. The summed E-state index contributed by atoms with van der Waals surface area (Å²) in [6.07, 6.45) is 2.82. The van der Waals surface area contributed by atoms with Crippen LogP contribution in [0.15, 0.2) is 36.8 Å². The van der Waals surface area contributed by atoms with Gasteiger partial charge in [0.25, 0.3) is 5.91 Å². The molecule has 2 N–H and O–H groups in total. The van der Waals surface area contributed by atoms with E-state index in [0.717, 1.165) is 0 Å². The van der Waals surface area contributed by atoms with E-state index in [1.165, 1.54) is 12.5 Å². The molecule has 0 fully saturated rings. The van der Waals surface area contributed by atoms with E-state index < -0.39 is 5.97 Å². The number of amides is 1. The van der Waals surface area contributed by atoms with Crippen molar-refractivity contribution in [2.45, 2.75) is 6.54 Å². The minimum absolute atomic E-state index is 0.0221. The van der Waals surface area contributed by atoms with E-state index in [2.05, 4.69) is 10.3 Å². The number of carboxylic acid groups (broad SMARTS) is 1. The Kier molecular flexibility index (Phi) is 4.37. The zero-order chi connectivity index (χ0) is 14.5. The van der Waals surface area contributed by atoms with Crippen molar-refractivity contribution in [2.75, 3.05) is 6.54 Å². The van der Waals surface area contributed by atoms with Crippen molar-refractivity contribution in [2.24, 2.45) is 0 Å². The second-order valence-electron chi connectivity index (χ2n) is 4.07. The zero-order valence-electron chi connectivity index (χ0n) is 10.4. The average Bonchev–Trinajstić information content (AvgIpc) is 2.87. The van der Waals surface area contributed by atoms with Crippen LogP contribution in [0, 0.1) is 0 Å². The van der Waals surface area contributed by atoms with Gasteiger partial charge in [-0.3, -0.25) is 4.79 Å². The molecule has 0 saturated carbocycles. The van der Waals surface area contributed by atoms with Crippen LogP contribution >= 0.6 is 11.6 Å². The molecule has 0 aliphatic rings. The van der Waals surface area contributed by atoms with E-state index in [0.29, 0.717) is 23.7 Å². The SMILES string of the molecule is O=C(NCCn1cnc(C(=O)O)c1)c1cccc(Cl)c1. The normalized spacial score (nSPS) is 10.2. The Labute approximate surface area is 120 Å². The molecule has 0 spiro atoms. The number of nitrogens with one attached hydrogen (secondary N) is 1. The molecule has 0 bridgehead atoms. The molecule has 6 nitrogen and oxygen atoms in total. The van der Waals surface area contributed by atoms with Crippen molar-refractivity contribution < 1.29 is 14.7 Å². The second kappa shape index (κ2) is 6.21. The van der Waals surface area contributed by atoms with E-state index in [4.69, 9.17) is 16.7 Å². The van der Waals surface area contributed by atoms with Crippen molar-refractivity contribution in [3.05, 3.63) is 53.1 Å². The summed E-state index contributed by atoms with van der Waals surface area (Å²) in [6, 6.07) is 6.64. The zero-order valence-corrected chi connectivity index (χ0v) is 11.2. The third-order valence-corrected chi connectivity index (χ3v) is 2.83. The molecule has 0 unspecified atom stereocenters. The Morgan fingerprint density at radius 3 is 2.85 bits per heavy atom. The maximum absolute atomic E-state index is 11.8. The number of hydrogen-bond acceptors (Lipinski definition) is 3. The largest absolute Gasteiger partial charge is 0.476 e. The maximum Gasteiger partial charge on any atom is 0.356 e. The minimum atomic E-state index is -1.08. The molecule has 1 amide bonds. The van der Waals surface area contributed by atoms with Crippen molar-refractivity contribution >= 4 is 23.5 Å². The summed E-state index contributed by atoms with van der Waals surface area (Å²) < 4.78 is 1.60. The standard InChI is InChI=1S/C13H12ClN3O3/c14-10-3-1-2-9(6-10)12(18)15-4-5-17-7-11(13(19)20)16-8-17/h1-3,6-8H,4-5H2,(H,15,18)(H,19,20). The van der Waals surface area contributed by atoms with Crippen LogP contribution in [0.2, 0.25) is 5.02 Å². The van der Waals surface area contributed by atoms with Gasteiger partial charge in [0.1, 0.15) is 0 Å². The van der Waals surface area contributed by atoms with Gasteiger partial charge in [-0.1, -0.05) is 17.7 Å². The summed E-state index contributed by atoms with van der Waals surface area (Å²) in [7, 11) is 0. The summed E-state index contributed by atoms with van der Waals surface area (Å²) in [4.78, 5) is 26.2. The first-order chi connectivity index (χ1) is 9.56. The van der Waals surface area contributed by atoms with E-state index in [1.807, 2.05) is 0 Å². The minimum Gasteiger partial charge on any atom is -0.476 e. The number of aromatic carboxylic acids is 1. The molecule has 0 atom stereocenters. The molecule has 2 rings (SSSR count). The monoisotopic (exact) mass is 293 g/mol. The Bertz CT molecular complexity index is 639. The summed E-state index contributed by atoms with van der Waals surface area (Å²) in [5.41, 5.74) is 0.459. The Morgan fingerprint density at radius 1 is 1.40 bits per heavy atom. The molecule has 7 heteroatoms. The number of carbonyl (C=O) groups excluding carboxylic acids is 1. The lowest BCUT2D eigenvalue weighted by molar-refractivity contribution is 0.0690. The van der Waals surface area contributed by atoms with Gasteiger partial charge in [-0.25, -0.2) is 9.78 Å². The van der Waals surface area contributed by atoms with Gasteiger partial charge < -0.3 is 15.0 Å². The highest BCUT2D eigenvalue weighted by molar-refractivity contribution is 6.30. The molecule has 104 valence electrons. The van der Waals surface area contributed by atoms with Gasteiger partial charge in [-0.2, -0.15) is 0 Å². The van der Waals surface area contributed by atoms with Crippen LogP contribution in [0.1, 0.15) is 20.8 Å². The van der Waals surface area contributed by atoms with Crippen LogP contribution in [-0.4, -0.2) is 33.1 Å². The number of carbonyl (C=O) groups is 2. The first-order valence-electron chi connectivity index (χ1n) is 5.85. The van der Waals surface area contributed by atoms with Gasteiger partial charge in [0.05, 0.1) is 6.33 Å². The summed E-state index contributed by atoms with van der Waals surface area (Å²) in [5.74, 6) is -1.31. The third-order valence-electron chi connectivity index (χ3n) is 2.59. The molecule has 0 radical (unpaired) electrons.